The molecule has 1 aliphatic rings. The van der Waals surface area contributed by atoms with Crippen molar-refractivity contribution in [3.8, 4) is 11.1 Å². The summed E-state index contributed by atoms with van der Waals surface area (Å²) >= 11 is 0. The molecule has 8 nitrogen and oxygen atoms in total. The number of carbonyl (C=O) groups excluding carboxylic acids is 2. The molecule has 2 amide bonds. The third-order valence-corrected chi connectivity index (χ3v) is 6.33. The first-order valence-corrected chi connectivity index (χ1v) is 12.6. The van der Waals surface area contributed by atoms with Gasteiger partial charge in [-0.05, 0) is 62.3 Å². The van der Waals surface area contributed by atoms with Crippen LogP contribution in [0.3, 0.4) is 0 Å². The third kappa shape index (κ3) is 7.10. The Kier molecular flexibility index (Phi) is 8.64. The Morgan fingerprint density at radius 1 is 0.946 bits per heavy atom. The molecule has 0 spiro atoms. The molecule has 0 unspecified atom stereocenters. The molecule has 0 bridgehead atoms. The van der Waals surface area contributed by atoms with Gasteiger partial charge in [0.15, 0.2) is 6.04 Å². The zero-order valence-electron chi connectivity index (χ0n) is 22.5. The SMILES string of the molecule is CC(C)C[C@](C)(NC(=O)OCC1c2ccccc2-c2ccccc21)C(=O)N[C@@H](COC(C)(C)C)C(=O)O. The normalized spacial score (nSPS) is 15.3. The molecule has 0 heterocycles. The number of amides is 2. The van der Waals surface area contributed by atoms with Crippen molar-refractivity contribution in [3.05, 3.63) is 59.7 Å². The van der Waals surface area contributed by atoms with Crippen molar-refractivity contribution in [2.75, 3.05) is 13.2 Å². The first-order valence-electron chi connectivity index (χ1n) is 12.6. The molecular weight excluding hydrogens is 472 g/mol. The fourth-order valence-corrected chi connectivity index (χ4v) is 4.70. The van der Waals surface area contributed by atoms with E-state index >= 15 is 0 Å². The van der Waals surface area contributed by atoms with Crippen LogP contribution in [0.1, 0.15) is 65.0 Å². The summed E-state index contributed by atoms with van der Waals surface area (Å²) in [6.45, 7) is 10.7. The smallest absolute Gasteiger partial charge is 0.408 e. The van der Waals surface area contributed by atoms with Crippen molar-refractivity contribution in [2.45, 2.75) is 71.1 Å². The van der Waals surface area contributed by atoms with Gasteiger partial charge < -0.3 is 25.2 Å². The minimum atomic E-state index is -1.38. The molecule has 0 fully saturated rings. The second kappa shape index (κ2) is 11.3. The lowest BCUT2D eigenvalue weighted by molar-refractivity contribution is -0.146. The molecule has 0 aliphatic heterocycles. The van der Waals surface area contributed by atoms with Gasteiger partial charge >= 0.3 is 12.1 Å². The first-order chi connectivity index (χ1) is 17.3. The second-order valence-corrected chi connectivity index (χ2v) is 11.2. The molecule has 1 aliphatic carbocycles. The Hall–Kier alpha value is -3.39. The quantitative estimate of drug-likeness (QED) is 0.426. The molecule has 2 atom stereocenters. The fraction of sp³-hybridized carbons (Fsp3) is 0.483. The Morgan fingerprint density at radius 3 is 1.97 bits per heavy atom. The van der Waals surface area contributed by atoms with Crippen LogP contribution in [-0.4, -0.2) is 53.5 Å². The number of benzene rings is 2. The topological polar surface area (TPSA) is 114 Å². The van der Waals surface area contributed by atoms with Crippen molar-refractivity contribution in [1.29, 1.82) is 0 Å². The van der Waals surface area contributed by atoms with Crippen LogP contribution in [0.5, 0.6) is 0 Å². The lowest BCUT2D eigenvalue weighted by atomic mass is 9.89. The molecule has 37 heavy (non-hydrogen) atoms. The van der Waals surface area contributed by atoms with Crippen molar-refractivity contribution >= 4 is 18.0 Å². The maximum absolute atomic E-state index is 13.3. The number of carboxylic acid groups (broad SMARTS) is 1. The van der Waals surface area contributed by atoms with Crippen molar-refractivity contribution in [2.24, 2.45) is 5.92 Å². The summed E-state index contributed by atoms with van der Waals surface area (Å²) in [7, 11) is 0. The summed E-state index contributed by atoms with van der Waals surface area (Å²) in [4.78, 5) is 38.0. The molecule has 0 aromatic heterocycles. The average Bonchev–Trinajstić information content (AvgIpc) is 3.12. The molecule has 2 aromatic rings. The second-order valence-electron chi connectivity index (χ2n) is 11.2. The number of hydrogen-bond acceptors (Lipinski definition) is 5. The van der Waals surface area contributed by atoms with Gasteiger partial charge in [-0.3, -0.25) is 4.79 Å². The maximum Gasteiger partial charge on any atom is 0.408 e. The molecule has 0 saturated heterocycles. The monoisotopic (exact) mass is 510 g/mol. The highest BCUT2D eigenvalue weighted by Gasteiger charge is 2.39. The van der Waals surface area contributed by atoms with E-state index in [-0.39, 0.29) is 31.5 Å². The van der Waals surface area contributed by atoms with E-state index in [1.165, 1.54) is 0 Å². The van der Waals surface area contributed by atoms with Gasteiger partial charge in [0.2, 0.25) is 5.91 Å². The molecule has 3 rings (SSSR count). The maximum atomic E-state index is 13.3. The van der Waals surface area contributed by atoms with Crippen LogP contribution in [-0.2, 0) is 19.1 Å². The van der Waals surface area contributed by atoms with Crippen LogP contribution in [0.15, 0.2) is 48.5 Å². The van der Waals surface area contributed by atoms with Crippen LogP contribution in [0.2, 0.25) is 0 Å². The predicted octanol–water partition coefficient (Wildman–Crippen LogP) is 4.71. The molecule has 0 radical (unpaired) electrons. The lowest BCUT2D eigenvalue weighted by Crippen LogP contribution is -2.61. The number of carboxylic acids is 1. The van der Waals surface area contributed by atoms with Gasteiger partial charge in [-0.15, -0.1) is 0 Å². The van der Waals surface area contributed by atoms with Crippen LogP contribution in [0, 0.1) is 5.92 Å². The van der Waals surface area contributed by atoms with Crippen LogP contribution >= 0.6 is 0 Å². The molecule has 3 N–H and O–H groups in total. The van der Waals surface area contributed by atoms with Crippen molar-refractivity contribution < 1.29 is 29.0 Å². The molecule has 8 heteroatoms. The summed E-state index contributed by atoms with van der Waals surface area (Å²) < 4.78 is 11.2. The predicted molar refractivity (Wildman–Crippen MR) is 141 cm³/mol. The Balaban J connectivity index is 1.70. The third-order valence-electron chi connectivity index (χ3n) is 6.33. The number of aliphatic carboxylic acids is 1. The van der Waals surface area contributed by atoms with Crippen LogP contribution in [0.25, 0.3) is 11.1 Å². The largest absolute Gasteiger partial charge is 0.480 e. The van der Waals surface area contributed by atoms with E-state index in [0.29, 0.717) is 0 Å². The van der Waals surface area contributed by atoms with E-state index in [0.717, 1.165) is 22.3 Å². The van der Waals surface area contributed by atoms with E-state index in [2.05, 4.69) is 22.8 Å². The van der Waals surface area contributed by atoms with E-state index in [4.69, 9.17) is 9.47 Å². The summed E-state index contributed by atoms with van der Waals surface area (Å²) in [5.74, 6) is -1.90. The van der Waals surface area contributed by atoms with Gasteiger partial charge in [-0.1, -0.05) is 62.4 Å². The highest BCUT2D eigenvalue weighted by Crippen LogP contribution is 2.44. The molecular formula is C29H38N2O6. The number of carbonyl (C=O) groups is 3. The first kappa shape index (κ1) is 28.2. The van der Waals surface area contributed by atoms with E-state index in [1.54, 1.807) is 27.7 Å². The summed E-state index contributed by atoms with van der Waals surface area (Å²) in [5, 5.41) is 14.8. The number of rotatable bonds is 10. The van der Waals surface area contributed by atoms with Crippen molar-refractivity contribution in [1.82, 2.24) is 10.6 Å². The van der Waals surface area contributed by atoms with Gasteiger partial charge in [-0.25, -0.2) is 9.59 Å². The highest BCUT2D eigenvalue weighted by molar-refractivity contribution is 5.92. The number of alkyl carbamates (subject to hydrolysis) is 1. The molecule has 200 valence electrons. The standard InChI is InChI=1S/C29H38N2O6/c1-18(2)15-29(6,26(34)30-24(25(32)33)17-37-28(3,4)5)31-27(35)36-16-23-21-13-9-7-11-19(21)20-12-8-10-14-22(20)23/h7-14,18,23-24H,15-17H2,1-6H3,(H,30,34)(H,31,35)(H,32,33)/t24-,29-/m0/s1. The minimum Gasteiger partial charge on any atom is -0.480 e. The molecule has 2 aromatic carbocycles. The van der Waals surface area contributed by atoms with E-state index in [9.17, 15) is 19.5 Å². The number of hydrogen-bond donors (Lipinski definition) is 3. The fourth-order valence-electron chi connectivity index (χ4n) is 4.70. The summed E-state index contributed by atoms with van der Waals surface area (Å²) in [5.41, 5.74) is 2.46. The lowest BCUT2D eigenvalue weighted by Gasteiger charge is -2.32. The van der Waals surface area contributed by atoms with Gasteiger partial charge in [0, 0.05) is 5.92 Å². The number of ether oxygens (including phenoxy) is 2. The van der Waals surface area contributed by atoms with Gasteiger partial charge in [0.05, 0.1) is 12.2 Å². The van der Waals surface area contributed by atoms with Gasteiger partial charge in [-0.2, -0.15) is 0 Å². The molecule has 0 saturated carbocycles. The van der Waals surface area contributed by atoms with Gasteiger partial charge in [0.25, 0.3) is 0 Å². The number of nitrogens with one attached hydrogen (secondary N) is 2. The Bertz CT molecular complexity index is 1090. The zero-order valence-corrected chi connectivity index (χ0v) is 22.5. The zero-order chi connectivity index (χ0) is 27.4. The van der Waals surface area contributed by atoms with Gasteiger partial charge in [0.1, 0.15) is 12.1 Å². The summed E-state index contributed by atoms with van der Waals surface area (Å²) in [6.07, 6.45) is -0.451. The summed E-state index contributed by atoms with van der Waals surface area (Å²) in [6, 6.07) is 14.8. The van der Waals surface area contributed by atoms with Crippen molar-refractivity contribution in [3.63, 3.8) is 0 Å². The Labute approximate surface area is 218 Å². The van der Waals surface area contributed by atoms with E-state index < -0.39 is 35.2 Å². The van der Waals surface area contributed by atoms with Crippen LogP contribution < -0.4 is 10.6 Å². The van der Waals surface area contributed by atoms with E-state index in [1.807, 2.05) is 50.2 Å². The minimum absolute atomic E-state index is 0.0405. The Morgan fingerprint density at radius 2 is 1.49 bits per heavy atom. The average molecular weight is 511 g/mol. The van der Waals surface area contributed by atoms with Crippen LogP contribution in [0.4, 0.5) is 4.79 Å². The number of fused-ring (bicyclic) bond motifs is 3. The highest BCUT2D eigenvalue weighted by atomic mass is 16.5.